The van der Waals surface area contributed by atoms with E-state index in [1.54, 1.807) is 7.05 Å². The molecule has 1 aromatic heterocycles. The van der Waals surface area contributed by atoms with Crippen LogP contribution >= 0.6 is 11.3 Å². The molecule has 0 aliphatic carbocycles. The molecule has 1 aromatic rings. The highest BCUT2D eigenvalue weighted by Gasteiger charge is 2.33. The zero-order valence-electron chi connectivity index (χ0n) is 13.1. The van der Waals surface area contributed by atoms with E-state index in [-0.39, 0.29) is 12.6 Å². The number of halogens is 3. The van der Waals surface area contributed by atoms with Gasteiger partial charge in [0, 0.05) is 18.5 Å². The van der Waals surface area contributed by atoms with Crippen molar-refractivity contribution in [2.75, 3.05) is 7.05 Å². The van der Waals surface area contributed by atoms with Crippen molar-refractivity contribution in [3.8, 4) is 0 Å². The molecule has 0 saturated carbocycles. The molecule has 0 aliphatic heterocycles. The van der Waals surface area contributed by atoms with E-state index in [4.69, 9.17) is 0 Å². The molecule has 0 radical (unpaired) electrons. The molecule has 1 heterocycles. The van der Waals surface area contributed by atoms with Gasteiger partial charge in [0.05, 0.1) is 6.54 Å². The van der Waals surface area contributed by atoms with Crippen LogP contribution in [0.5, 0.6) is 0 Å². The van der Waals surface area contributed by atoms with Gasteiger partial charge in [-0.05, 0) is 13.3 Å². The Hall–Kier alpha value is -1.31. The van der Waals surface area contributed by atoms with Gasteiger partial charge < -0.3 is 10.6 Å². The third-order valence-electron chi connectivity index (χ3n) is 3.10. The number of unbranched alkanes of at least 4 members (excludes halogenated alkanes) is 2. The average molecular weight is 336 g/mol. The minimum Gasteiger partial charge on any atom is -0.354 e. The summed E-state index contributed by atoms with van der Waals surface area (Å²) in [5, 5.41) is 7.63. The lowest BCUT2D eigenvalue weighted by Crippen LogP contribution is -2.41. The summed E-state index contributed by atoms with van der Waals surface area (Å²) in [6.45, 7) is 4.44. The number of rotatable bonds is 7. The average Bonchev–Trinajstić information content (AvgIpc) is 2.92. The van der Waals surface area contributed by atoms with E-state index in [2.05, 4.69) is 34.5 Å². The van der Waals surface area contributed by atoms with Gasteiger partial charge in [0.1, 0.15) is 5.01 Å². The second-order valence-corrected chi connectivity index (χ2v) is 6.03. The van der Waals surface area contributed by atoms with Crippen molar-refractivity contribution in [3.63, 3.8) is 0 Å². The molecule has 0 bridgehead atoms. The van der Waals surface area contributed by atoms with Crippen molar-refractivity contribution in [1.29, 1.82) is 0 Å². The standard InChI is InChI=1S/C14H23F3N4S/c1-4-5-6-7-10(2)20-13(18-3)19-8-12-21-11(9-22-12)14(15,16)17/h9-10H,4-8H2,1-3H3,(H2,18,19,20). The molecule has 4 nitrogen and oxygen atoms in total. The Morgan fingerprint density at radius 3 is 2.68 bits per heavy atom. The highest BCUT2D eigenvalue weighted by Crippen LogP contribution is 2.29. The van der Waals surface area contributed by atoms with E-state index < -0.39 is 11.9 Å². The summed E-state index contributed by atoms with van der Waals surface area (Å²) in [6.07, 6.45) is 0.151. The number of alkyl halides is 3. The third kappa shape index (κ3) is 6.64. The van der Waals surface area contributed by atoms with Crippen molar-refractivity contribution in [1.82, 2.24) is 15.6 Å². The molecule has 2 N–H and O–H groups in total. The van der Waals surface area contributed by atoms with Crippen LogP contribution in [-0.4, -0.2) is 24.0 Å². The monoisotopic (exact) mass is 336 g/mol. The third-order valence-corrected chi connectivity index (χ3v) is 3.95. The predicted octanol–water partition coefficient (Wildman–Crippen LogP) is 3.80. The topological polar surface area (TPSA) is 49.3 Å². The lowest BCUT2D eigenvalue weighted by Gasteiger charge is -2.17. The number of guanidine groups is 1. The van der Waals surface area contributed by atoms with E-state index in [0.717, 1.165) is 29.6 Å². The zero-order valence-corrected chi connectivity index (χ0v) is 13.9. The van der Waals surface area contributed by atoms with E-state index in [9.17, 15) is 13.2 Å². The van der Waals surface area contributed by atoms with E-state index in [1.807, 2.05) is 0 Å². The molecule has 8 heteroatoms. The Labute approximate surface area is 133 Å². The van der Waals surface area contributed by atoms with Crippen molar-refractivity contribution >= 4 is 17.3 Å². The largest absolute Gasteiger partial charge is 0.434 e. The molecule has 126 valence electrons. The highest BCUT2D eigenvalue weighted by atomic mass is 32.1. The van der Waals surface area contributed by atoms with E-state index >= 15 is 0 Å². The SMILES string of the molecule is CCCCCC(C)NC(=NC)NCc1nc(C(F)(F)F)cs1. The first kappa shape index (κ1) is 18.7. The van der Waals surface area contributed by atoms with Crippen LogP contribution < -0.4 is 10.6 Å². The van der Waals surface area contributed by atoms with Gasteiger partial charge in [0.2, 0.25) is 0 Å². The molecule has 0 saturated heterocycles. The molecular weight excluding hydrogens is 313 g/mol. The Balaban J connectivity index is 2.42. The van der Waals surface area contributed by atoms with Crippen LogP contribution in [0.3, 0.4) is 0 Å². The minimum atomic E-state index is -4.39. The summed E-state index contributed by atoms with van der Waals surface area (Å²) in [6, 6.07) is 0.264. The molecule has 0 spiro atoms. The molecule has 22 heavy (non-hydrogen) atoms. The number of aromatic nitrogens is 1. The minimum absolute atomic E-state index is 0.224. The second kappa shape index (κ2) is 8.97. The van der Waals surface area contributed by atoms with E-state index in [1.165, 1.54) is 12.8 Å². The van der Waals surface area contributed by atoms with Crippen LogP contribution in [0.1, 0.15) is 50.2 Å². The maximum absolute atomic E-state index is 12.5. The summed E-state index contributed by atoms with van der Waals surface area (Å²) in [4.78, 5) is 7.65. The number of hydrogen-bond acceptors (Lipinski definition) is 3. The quantitative estimate of drug-likeness (QED) is 0.452. The van der Waals surface area contributed by atoms with Gasteiger partial charge in [0.15, 0.2) is 11.7 Å². The lowest BCUT2D eigenvalue weighted by molar-refractivity contribution is -0.140. The summed E-state index contributed by atoms with van der Waals surface area (Å²) in [5.74, 6) is 0.577. The summed E-state index contributed by atoms with van der Waals surface area (Å²) < 4.78 is 37.4. The Bertz CT molecular complexity index is 471. The van der Waals surface area contributed by atoms with Crippen molar-refractivity contribution in [2.24, 2.45) is 4.99 Å². The van der Waals surface area contributed by atoms with Crippen LogP contribution in [0.2, 0.25) is 0 Å². The first-order valence-corrected chi connectivity index (χ1v) is 8.23. The smallest absolute Gasteiger partial charge is 0.354 e. The fourth-order valence-electron chi connectivity index (χ4n) is 1.88. The van der Waals surface area contributed by atoms with Gasteiger partial charge in [-0.15, -0.1) is 11.3 Å². The molecule has 0 aromatic carbocycles. The normalized spacial score (nSPS) is 14.0. The molecule has 1 unspecified atom stereocenters. The van der Waals surface area contributed by atoms with Gasteiger partial charge in [-0.3, -0.25) is 4.99 Å². The van der Waals surface area contributed by atoms with Crippen molar-refractivity contribution < 1.29 is 13.2 Å². The molecular formula is C14H23F3N4S. The van der Waals surface area contributed by atoms with Crippen LogP contribution in [0.25, 0.3) is 0 Å². The maximum Gasteiger partial charge on any atom is 0.434 e. The van der Waals surface area contributed by atoms with Gasteiger partial charge in [-0.2, -0.15) is 13.2 Å². The molecule has 1 atom stereocenters. The van der Waals surface area contributed by atoms with Gasteiger partial charge in [-0.1, -0.05) is 26.2 Å². The summed E-state index contributed by atoms with van der Waals surface area (Å²) in [7, 11) is 1.64. The number of aliphatic imine (C=N–C) groups is 1. The lowest BCUT2D eigenvalue weighted by atomic mass is 10.1. The van der Waals surface area contributed by atoms with Gasteiger partial charge in [-0.25, -0.2) is 4.98 Å². The van der Waals surface area contributed by atoms with Crippen LogP contribution in [-0.2, 0) is 12.7 Å². The molecule has 0 amide bonds. The Morgan fingerprint density at radius 1 is 1.41 bits per heavy atom. The Kier molecular flexibility index (Phi) is 7.64. The second-order valence-electron chi connectivity index (χ2n) is 5.09. The first-order chi connectivity index (χ1) is 10.4. The van der Waals surface area contributed by atoms with Crippen molar-refractivity contribution in [3.05, 3.63) is 16.1 Å². The fourth-order valence-corrected chi connectivity index (χ4v) is 2.62. The summed E-state index contributed by atoms with van der Waals surface area (Å²) in [5.41, 5.74) is -0.842. The van der Waals surface area contributed by atoms with Crippen LogP contribution in [0.4, 0.5) is 13.2 Å². The van der Waals surface area contributed by atoms with E-state index in [0.29, 0.717) is 11.0 Å². The van der Waals surface area contributed by atoms with Crippen LogP contribution in [0.15, 0.2) is 10.4 Å². The molecule has 0 aliphatic rings. The van der Waals surface area contributed by atoms with Gasteiger partial charge >= 0.3 is 6.18 Å². The fraction of sp³-hybridized carbons (Fsp3) is 0.714. The summed E-state index contributed by atoms with van der Waals surface area (Å²) >= 11 is 0.988. The predicted molar refractivity (Wildman–Crippen MR) is 84.1 cm³/mol. The maximum atomic E-state index is 12.5. The zero-order chi connectivity index (χ0) is 16.6. The van der Waals surface area contributed by atoms with Crippen LogP contribution in [0, 0.1) is 0 Å². The number of hydrogen-bond donors (Lipinski definition) is 2. The van der Waals surface area contributed by atoms with Crippen molar-refractivity contribution in [2.45, 2.75) is 58.3 Å². The van der Waals surface area contributed by atoms with Gasteiger partial charge in [0.25, 0.3) is 0 Å². The highest BCUT2D eigenvalue weighted by molar-refractivity contribution is 7.09. The number of thiazole rings is 1. The Morgan fingerprint density at radius 2 is 2.14 bits per heavy atom. The first-order valence-electron chi connectivity index (χ1n) is 7.35. The molecule has 0 fully saturated rings. The number of nitrogens with one attached hydrogen (secondary N) is 2. The number of nitrogens with zero attached hydrogens (tertiary/aromatic N) is 2. The molecule has 1 rings (SSSR count).